The highest BCUT2D eigenvalue weighted by molar-refractivity contribution is 5.94. The summed E-state index contributed by atoms with van der Waals surface area (Å²) in [5.41, 5.74) is 0.234. The fraction of sp³-hybridized carbons (Fsp3) is 0.400. The number of carbonyl (C=O) groups excluding carboxylic acids is 1. The van der Waals surface area contributed by atoms with E-state index >= 15 is 0 Å². The molecule has 1 aliphatic heterocycles. The van der Waals surface area contributed by atoms with Crippen LogP contribution in [0.5, 0.6) is 0 Å². The molecule has 1 aliphatic rings. The summed E-state index contributed by atoms with van der Waals surface area (Å²) in [6, 6.07) is 9.33. The first-order valence-electron chi connectivity index (χ1n) is 9.47. The van der Waals surface area contributed by atoms with E-state index in [-0.39, 0.29) is 23.8 Å². The smallest absolute Gasteiger partial charge is 0.332 e. The predicted octanol–water partition coefficient (Wildman–Crippen LogP) is -0.133. The summed E-state index contributed by atoms with van der Waals surface area (Å²) in [6.45, 7) is 2.90. The van der Waals surface area contributed by atoms with Crippen molar-refractivity contribution in [3.8, 4) is 6.07 Å². The minimum Gasteiger partial charge on any atom is -0.378 e. The number of likely N-dealkylation sites (N-methyl/N-ethyl adjacent to an activating group) is 1. The number of rotatable bonds is 5. The van der Waals surface area contributed by atoms with E-state index in [9.17, 15) is 19.6 Å². The van der Waals surface area contributed by atoms with E-state index < -0.39 is 11.2 Å². The van der Waals surface area contributed by atoms with E-state index in [1.165, 1.54) is 23.6 Å². The Hall–Kier alpha value is -3.58. The molecule has 0 bridgehead atoms. The van der Waals surface area contributed by atoms with Gasteiger partial charge in [-0.15, -0.1) is 0 Å². The quantitative estimate of drug-likeness (QED) is 0.728. The van der Waals surface area contributed by atoms with Gasteiger partial charge in [0.25, 0.3) is 5.56 Å². The zero-order valence-electron chi connectivity index (χ0n) is 17.2. The molecule has 0 saturated carbocycles. The molecule has 3 rings (SSSR count). The van der Waals surface area contributed by atoms with Gasteiger partial charge in [0, 0.05) is 45.6 Å². The number of carbonyl (C=O) groups is 1. The highest BCUT2D eigenvalue weighted by Crippen LogP contribution is 2.19. The lowest BCUT2D eigenvalue weighted by molar-refractivity contribution is -0.114. The van der Waals surface area contributed by atoms with Gasteiger partial charge in [0.15, 0.2) is 5.56 Å². The van der Waals surface area contributed by atoms with Crippen molar-refractivity contribution < 1.29 is 9.53 Å². The van der Waals surface area contributed by atoms with Crippen LogP contribution in [-0.4, -0.2) is 54.9 Å². The van der Waals surface area contributed by atoms with Gasteiger partial charge in [0.2, 0.25) is 5.91 Å². The Labute approximate surface area is 173 Å². The molecule has 0 radical (unpaired) electrons. The number of benzene rings is 1. The second kappa shape index (κ2) is 8.84. The third-order valence-electron chi connectivity index (χ3n) is 5.02. The second-order valence-corrected chi connectivity index (χ2v) is 7.07. The summed E-state index contributed by atoms with van der Waals surface area (Å²) in [4.78, 5) is 40.5. The van der Waals surface area contributed by atoms with Crippen molar-refractivity contribution in [2.75, 3.05) is 55.0 Å². The fourth-order valence-corrected chi connectivity index (χ4v) is 3.45. The molecule has 158 valence electrons. The highest BCUT2D eigenvalue weighted by atomic mass is 16.5. The van der Waals surface area contributed by atoms with Gasteiger partial charge in [-0.2, -0.15) is 5.26 Å². The molecular weight excluding hydrogens is 388 g/mol. The van der Waals surface area contributed by atoms with Crippen molar-refractivity contribution in [2.24, 2.45) is 14.1 Å². The maximum atomic E-state index is 12.5. The second-order valence-electron chi connectivity index (χ2n) is 7.07. The van der Waals surface area contributed by atoms with Crippen LogP contribution in [0.2, 0.25) is 0 Å². The molecule has 10 heteroatoms. The van der Waals surface area contributed by atoms with E-state index in [0.29, 0.717) is 18.9 Å². The maximum Gasteiger partial charge on any atom is 0.332 e. The average molecular weight is 412 g/mol. The first-order valence-corrected chi connectivity index (χ1v) is 9.47. The number of hydrogen-bond acceptors (Lipinski definition) is 7. The van der Waals surface area contributed by atoms with Gasteiger partial charge in [-0.1, -0.05) is 0 Å². The molecule has 1 aromatic carbocycles. The van der Waals surface area contributed by atoms with E-state index in [0.717, 1.165) is 23.3 Å². The Bertz CT molecular complexity index is 1090. The van der Waals surface area contributed by atoms with Crippen molar-refractivity contribution in [2.45, 2.75) is 0 Å². The van der Waals surface area contributed by atoms with Crippen LogP contribution in [0.25, 0.3) is 0 Å². The van der Waals surface area contributed by atoms with E-state index in [4.69, 9.17) is 4.74 Å². The molecule has 2 heterocycles. The van der Waals surface area contributed by atoms with Crippen LogP contribution in [-0.2, 0) is 23.6 Å². The summed E-state index contributed by atoms with van der Waals surface area (Å²) >= 11 is 0. The molecule has 10 nitrogen and oxygen atoms in total. The van der Waals surface area contributed by atoms with Crippen LogP contribution < -0.4 is 26.4 Å². The largest absolute Gasteiger partial charge is 0.378 e. The maximum absolute atomic E-state index is 12.5. The number of nitrogens with one attached hydrogen (secondary N) is 1. The first-order chi connectivity index (χ1) is 14.3. The molecule has 0 aliphatic carbocycles. The van der Waals surface area contributed by atoms with Gasteiger partial charge in [0.05, 0.1) is 19.8 Å². The number of nitriles is 1. The van der Waals surface area contributed by atoms with Gasteiger partial charge in [-0.25, -0.2) is 4.79 Å². The lowest BCUT2D eigenvalue weighted by atomic mass is 10.2. The van der Waals surface area contributed by atoms with Crippen LogP contribution in [0.4, 0.5) is 17.2 Å². The molecule has 1 fully saturated rings. The Kier molecular flexibility index (Phi) is 6.23. The molecule has 1 saturated heterocycles. The number of aromatic nitrogens is 2. The van der Waals surface area contributed by atoms with Gasteiger partial charge in [-0.05, 0) is 24.3 Å². The number of amides is 1. The number of ether oxygens (including phenoxy) is 1. The topological polar surface area (TPSA) is 113 Å². The van der Waals surface area contributed by atoms with Crippen LogP contribution in [0.15, 0.2) is 33.9 Å². The van der Waals surface area contributed by atoms with Crippen molar-refractivity contribution in [3.63, 3.8) is 0 Å². The fourth-order valence-electron chi connectivity index (χ4n) is 3.45. The van der Waals surface area contributed by atoms with Crippen LogP contribution in [0, 0.1) is 11.3 Å². The normalized spacial score (nSPS) is 13.6. The third-order valence-corrected chi connectivity index (χ3v) is 5.02. The molecule has 1 N–H and O–H groups in total. The van der Waals surface area contributed by atoms with Crippen LogP contribution in [0.3, 0.4) is 0 Å². The molecule has 30 heavy (non-hydrogen) atoms. The van der Waals surface area contributed by atoms with Gasteiger partial charge in [-0.3, -0.25) is 18.7 Å². The first kappa shape index (κ1) is 21.1. The van der Waals surface area contributed by atoms with Crippen molar-refractivity contribution in [1.29, 1.82) is 5.26 Å². The zero-order valence-corrected chi connectivity index (χ0v) is 17.2. The van der Waals surface area contributed by atoms with Crippen molar-refractivity contribution in [1.82, 2.24) is 9.13 Å². The summed E-state index contributed by atoms with van der Waals surface area (Å²) in [5.74, 6) is -0.239. The Morgan fingerprint density at radius 3 is 2.40 bits per heavy atom. The SMILES string of the molecule is CN(CC(=O)Nc1ccc(N2CCOCC2)cc1)c1c(C#N)c(=O)n(C)c(=O)n1C. The summed E-state index contributed by atoms with van der Waals surface area (Å²) in [5, 5.41) is 12.2. The van der Waals surface area contributed by atoms with Gasteiger partial charge >= 0.3 is 5.69 Å². The summed E-state index contributed by atoms with van der Waals surface area (Å²) in [7, 11) is 4.31. The molecule has 1 aromatic heterocycles. The number of morpholine rings is 1. The van der Waals surface area contributed by atoms with Gasteiger partial charge in [0.1, 0.15) is 11.9 Å². The zero-order chi connectivity index (χ0) is 21.8. The van der Waals surface area contributed by atoms with E-state index in [2.05, 4.69) is 10.2 Å². The molecular formula is C20H24N6O4. The van der Waals surface area contributed by atoms with Crippen LogP contribution >= 0.6 is 0 Å². The average Bonchev–Trinajstić information content (AvgIpc) is 2.75. The summed E-state index contributed by atoms with van der Waals surface area (Å²) < 4.78 is 7.40. The van der Waals surface area contributed by atoms with E-state index in [1.807, 2.05) is 30.3 Å². The minimum absolute atomic E-state index is 0.100. The molecule has 1 amide bonds. The van der Waals surface area contributed by atoms with Crippen molar-refractivity contribution in [3.05, 3.63) is 50.7 Å². The Morgan fingerprint density at radius 2 is 1.80 bits per heavy atom. The van der Waals surface area contributed by atoms with Gasteiger partial charge < -0.3 is 19.9 Å². The monoisotopic (exact) mass is 412 g/mol. The molecule has 0 unspecified atom stereocenters. The molecule has 2 aromatic rings. The molecule has 0 spiro atoms. The van der Waals surface area contributed by atoms with Crippen molar-refractivity contribution >= 4 is 23.1 Å². The Morgan fingerprint density at radius 1 is 1.17 bits per heavy atom. The number of anilines is 3. The lowest BCUT2D eigenvalue weighted by Gasteiger charge is -2.29. The van der Waals surface area contributed by atoms with E-state index in [1.54, 1.807) is 7.05 Å². The Balaban J connectivity index is 1.72. The minimum atomic E-state index is -0.693. The molecule has 0 atom stereocenters. The number of hydrogen-bond donors (Lipinski definition) is 1. The summed E-state index contributed by atoms with van der Waals surface area (Å²) in [6.07, 6.45) is 0. The standard InChI is InChI=1S/C20H24N6O4/c1-23(18-16(12-21)19(28)25(3)20(29)24(18)2)13-17(27)22-14-4-6-15(7-5-14)26-8-10-30-11-9-26/h4-7H,8-11,13H2,1-3H3,(H,22,27). The number of nitrogens with zero attached hydrogens (tertiary/aromatic N) is 5. The third kappa shape index (κ3) is 4.21. The highest BCUT2D eigenvalue weighted by Gasteiger charge is 2.20. The predicted molar refractivity (Wildman–Crippen MR) is 113 cm³/mol. The lowest BCUT2D eigenvalue weighted by Crippen LogP contribution is -2.43. The van der Waals surface area contributed by atoms with Crippen LogP contribution in [0.1, 0.15) is 5.56 Å².